The Morgan fingerprint density at radius 2 is 1.44 bits per heavy atom. The second kappa shape index (κ2) is 9.55. The van der Waals surface area contributed by atoms with Crippen molar-refractivity contribution in [3.8, 4) is 5.75 Å². The molecule has 1 aliphatic heterocycles. The van der Waals surface area contributed by atoms with Gasteiger partial charge in [0.05, 0.1) is 12.2 Å². The Hall–Kier alpha value is -4.51. The third-order valence-corrected chi connectivity index (χ3v) is 5.65. The highest BCUT2D eigenvalue weighted by molar-refractivity contribution is 6.33. The van der Waals surface area contributed by atoms with Crippen molar-refractivity contribution >= 4 is 23.5 Å². The molecule has 0 saturated heterocycles. The molecule has 0 saturated carbocycles. The molecule has 166 valence electrons. The number of amides is 2. The minimum atomic E-state index is -0.334. The summed E-state index contributed by atoms with van der Waals surface area (Å²) in [7, 11) is 0. The Morgan fingerprint density at radius 3 is 2.18 bits per heavy atom. The van der Waals surface area contributed by atoms with Gasteiger partial charge in [0.25, 0.3) is 11.8 Å². The highest BCUT2D eigenvalue weighted by Gasteiger charge is 2.34. The van der Waals surface area contributed by atoms with Crippen LogP contribution in [0.15, 0.2) is 103 Å². The zero-order chi connectivity index (χ0) is 23.3. The molecule has 0 N–H and O–H groups in total. The van der Waals surface area contributed by atoms with E-state index in [1.54, 1.807) is 24.4 Å². The minimum absolute atomic E-state index is 0.121. The number of ether oxygens (including phenoxy) is 1. The van der Waals surface area contributed by atoms with Crippen molar-refractivity contribution in [1.29, 1.82) is 0 Å². The van der Waals surface area contributed by atoms with Gasteiger partial charge in [-0.1, -0.05) is 66.7 Å². The van der Waals surface area contributed by atoms with Gasteiger partial charge in [0.2, 0.25) is 0 Å². The van der Waals surface area contributed by atoms with E-state index in [1.807, 2.05) is 84.9 Å². The van der Waals surface area contributed by atoms with E-state index in [9.17, 15) is 9.59 Å². The van der Waals surface area contributed by atoms with Gasteiger partial charge < -0.3 is 4.74 Å². The third kappa shape index (κ3) is 4.50. The maximum Gasteiger partial charge on any atom is 0.261 e. The first-order valence-electron chi connectivity index (χ1n) is 11.0. The molecule has 0 aliphatic carbocycles. The molecule has 0 radical (unpaired) electrons. The first-order chi connectivity index (χ1) is 16.7. The number of aromatic nitrogens is 1. The fraction of sp³-hybridized carbons (Fsp3) is 0.0690. The highest BCUT2D eigenvalue weighted by atomic mass is 16.5. The lowest BCUT2D eigenvalue weighted by molar-refractivity contribution is -0.123. The molecule has 3 aromatic carbocycles. The Balaban J connectivity index is 1.42. The van der Waals surface area contributed by atoms with Crippen LogP contribution in [0.3, 0.4) is 0 Å². The average molecular weight is 447 g/mol. The molecule has 0 fully saturated rings. The lowest BCUT2D eigenvalue weighted by Gasteiger charge is -2.28. The Kier molecular flexibility index (Phi) is 5.99. The van der Waals surface area contributed by atoms with Gasteiger partial charge in [0, 0.05) is 17.3 Å². The van der Waals surface area contributed by atoms with Crippen molar-refractivity contribution in [3.63, 3.8) is 0 Å². The lowest BCUT2D eigenvalue weighted by Crippen LogP contribution is -2.41. The number of rotatable bonds is 6. The van der Waals surface area contributed by atoms with Crippen molar-refractivity contribution in [1.82, 2.24) is 9.88 Å². The van der Waals surface area contributed by atoms with Crippen LogP contribution < -0.4 is 4.74 Å². The number of benzene rings is 3. The number of carbonyl (C=O) groups excluding carboxylic acids is 2. The van der Waals surface area contributed by atoms with Crippen LogP contribution >= 0.6 is 0 Å². The van der Waals surface area contributed by atoms with Gasteiger partial charge in [-0.05, 0) is 53.1 Å². The number of carbonyl (C=O) groups is 2. The Labute approximate surface area is 198 Å². The Bertz CT molecular complexity index is 1350. The molecule has 1 aromatic heterocycles. The largest absolute Gasteiger partial charge is 0.489 e. The van der Waals surface area contributed by atoms with E-state index in [1.165, 1.54) is 4.90 Å². The van der Waals surface area contributed by atoms with E-state index in [-0.39, 0.29) is 18.4 Å². The first kappa shape index (κ1) is 21.3. The molecule has 5 nitrogen and oxygen atoms in total. The van der Waals surface area contributed by atoms with Crippen LogP contribution in [0.1, 0.15) is 32.7 Å². The maximum atomic E-state index is 13.4. The Morgan fingerprint density at radius 1 is 0.735 bits per heavy atom. The second-order valence-corrected chi connectivity index (χ2v) is 7.96. The standard InChI is InChI=1S/C29H22N2O3/c32-28-26-12-5-4-11-25(26)27(29(33)31(28)19-23-10-6-7-17-30-23)18-21-13-15-24(16-14-21)34-20-22-8-2-1-3-9-22/h1-18H,19-20H2. The molecule has 0 spiro atoms. The molecule has 1 aliphatic rings. The number of hydrogen-bond acceptors (Lipinski definition) is 4. The van der Waals surface area contributed by atoms with Gasteiger partial charge in [0.1, 0.15) is 12.4 Å². The summed E-state index contributed by atoms with van der Waals surface area (Å²) in [5.41, 5.74) is 4.21. The molecule has 5 rings (SSSR count). The van der Waals surface area contributed by atoms with E-state index >= 15 is 0 Å². The van der Waals surface area contributed by atoms with Crippen molar-refractivity contribution in [3.05, 3.63) is 131 Å². The average Bonchev–Trinajstić information content (AvgIpc) is 2.90. The van der Waals surface area contributed by atoms with Gasteiger partial charge in [-0.15, -0.1) is 0 Å². The highest BCUT2D eigenvalue weighted by Crippen LogP contribution is 2.31. The van der Waals surface area contributed by atoms with Crippen LogP contribution in [-0.2, 0) is 17.9 Å². The fourth-order valence-electron chi connectivity index (χ4n) is 3.91. The monoisotopic (exact) mass is 446 g/mol. The van der Waals surface area contributed by atoms with Crippen molar-refractivity contribution in [2.75, 3.05) is 0 Å². The minimum Gasteiger partial charge on any atom is -0.489 e. The zero-order valence-electron chi connectivity index (χ0n) is 18.4. The number of pyridine rings is 1. The van der Waals surface area contributed by atoms with Gasteiger partial charge >= 0.3 is 0 Å². The van der Waals surface area contributed by atoms with Crippen LogP contribution in [0.25, 0.3) is 11.6 Å². The smallest absolute Gasteiger partial charge is 0.261 e. The molecule has 0 atom stereocenters. The van der Waals surface area contributed by atoms with E-state index in [0.717, 1.165) is 16.9 Å². The predicted molar refractivity (Wildman–Crippen MR) is 131 cm³/mol. The molecule has 0 bridgehead atoms. The molecule has 34 heavy (non-hydrogen) atoms. The van der Waals surface area contributed by atoms with Crippen LogP contribution in [-0.4, -0.2) is 21.7 Å². The summed E-state index contributed by atoms with van der Waals surface area (Å²) in [6.45, 7) is 0.605. The lowest BCUT2D eigenvalue weighted by atomic mass is 9.92. The quantitative estimate of drug-likeness (QED) is 0.295. The molecule has 2 amide bonds. The predicted octanol–water partition coefficient (Wildman–Crippen LogP) is 5.38. The molecular formula is C29H22N2O3. The normalized spacial score (nSPS) is 14.2. The van der Waals surface area contributed by atoms with Crippen molar-refractivity contribution in [2.45, 2.75) is 13.2 Å². The van der Waals surface area contributed by atoms with E-state index in [0.29, 0.717) is 29.0 Å². The van der Waals surface area contributed by atoms with Gasteiger partial charge in [0.15, 0.2) is 0 Å². The van der Waals surface area contributed by atoms with Crippen LogP contribution in [0.2, 0.25) is 0 Å². The topological polar surface area (TPSA) is 59.5 Å². The summed E-state index contributed by atoms with van der Waals surface area (Å²) in [6.07, 6.45) is 3.47. The van der Waals surface area contributed by atoms with Crippen molar-refractivity contribution in [2.24, 2.45) is 0 Å². The van der Waals surface area contributed by atoms with Gasteiger partial charge in [-0.2, -0.15) is 0 Å². The summed E-state index contributed by atoms with van der Waals surface area (Å²) in [5.74, 6) is 0.0974. The molecule has 2 heterocycles. The van der Waals surface area contributed by atoms with Gasteiger partial charge in [-0.3, -0.25) is 19.5 Å². The van der Waals surface area contributed by atoms with Crippen LogP contribution in [0.4, 0.5) is 0 Å². The fourth-order valence-corrected chi connectivity index (χ4v) is 3.91. The third-order valence-electron chi connectivity index (χ3n) is 5.65. The van der Waals surface area contributed by atoms with Crippen LogP contribution in [0, 0.1) is 0 Å². The SMILES string of the molecule is O=C1C(=Cc2ccc(OCc3ccccc3)cc2)c2ccccc2C(=O)N1Cc1ccccn1. The summed E-state index contributed by atoms with van der Waals surface area (Å²) >= 11 is 0. The van der Waals surface area contributed by atoms with E-state index < -0.39 is 0 Å². The molecule has 4 aromatic rings. The number of imide groups is 1. The maximum absolute atomic E-state index is 13.4. The van der Waals surface area contributed by atoms with Crippen molar-refractivity contribution < 1.29 is 14.3 Å². The summed E-state index contributed by atoms with van der Waals surface area (Å²) in [5, 5.41) is 0. The molecule has 5 heteroatoms. The molecular weight excluding hydrogens is 424 g/mol. The zero-order valence-corrected chi connectivity index (χ0v) is 18.4. The second-order valence-electron chi connectivity index (χ2n) is 7.96. The molecule has 0 unspecified atom stereocenters. The van der Waals surface area contributed by atoms with E-state index in [4.69, 9.17) is 4.74 Å². The first-order valence-corrected chi connectivity index (χ1v) is 11.0. The summed E-state index contributed by atoms with van der Waals surface area (Å²) in [6, 6.07) is 30.2. The number of hydrogen-bond donors (Lipinski definition) is 0. The summed E-state index contributed by atoms with van der Waals surface area (Å²) < 4.78 is 5.86. The van der Waals surface area contributed by atoms with Crippen LogP contribution in [0.5, 0.6) is 5.75 Å². The van der Waals surface area contributed by atoms with Gasteiger partial charge in [-0.25, -0.2) is 0 Å². The summed E-state index contributed by atoms with van der Waals surface area (Å²) in [4.78, 5) is 32.0. The number of nitrogens with zero attached hydrogens (tertiary/aromatic N) is 2. The number of fused-ring (bicyclic) bond motifs is 1. The van der Waals surface area contributed by atoms with E-state index in [2.05, 4.69) is 4.98 Å².